The quantitative estimate of drug-likeness (QED) is 0.199. The molecule has 11 heteroatoms. The topological polar surface area (TPSA) is 80.6 Å². The van der Waals surface area contributed by atoms with E-state index >= 15 is 0 Å². The van der Waals surface area contributed by atoms with Gasteiger partial charge in [0, 0.05) is 11.1 Å². The number of imidazole rings is 2. The number of halogens is 5. The van der Waals surface area contributed by atoms with E-state index in [1.165, 1.54) is 17.2 Å². The smallest absolute Gasteiger partial charge is 0.182 e. The maximum Gasteiger partial charge on any atom is 0.182 e. The summed E-state index contributed by atoms with van der Waals surface area (Å²) in [6.45, 7) is 0.141. The highest BCUT2D eigenvalue weighted by atomic mass is 79.9. The Morgan fingerprint density at radius 1 is 0.818 bits per heavy atom. The monoisotopic (exact) mass is 588 g/mol. The Morgan fingerprint density at radius 3 is 1.73 bits per heavy atom. The third-order valence-corrected chi connectivity index (χ3v) is 5.86. The van der Waals surface area contributed by atoms with E-state index in [-0.39, 0.29) is 28.4 Å². The average Bonchev–Trinajstić information content (AvgIpc) is 3.38. The Morgan fingerprint density at radius 2 is 1.36 bits per heavy atom. The molecule has 0 aliphatic carbocycles. The van der Waals surface area contributed by atoms with Gasteiger partial charge in [-0.3, -0.25) is 9.59 Å². The highest BCUT2D eigenvalue weighted by molar-refractivity contribution is 9.09. The second-order valence-corrected chi connectivity index (χ2v) is 8.19. The molecule has 0 atom stereocenters. The number of aromatic nitrogens is 4. The van der Waals surface area contributed by atoms with Gasteiger partial charge in [-0.2, -0.15) is 0 Å². The van der Waals surface area contributed by atoms with Crippen LogP contribution in [0.4, 0.5) is 0 Å². The largest absolute Gasteiger partial charge is 0.334 e. The van der Waals surface area contributed by atoms with Crippen molar-refractivity contribution in [3.05, 3.63) is 105 Å². The normalized spacial score (nSPS) is 9.85. The molecule has 0 unspecified atom stereocenters. The fourth-order valence-corrected chi connectivity index (χ4v) is 3.12. The van der Waals surface area contributed by atoms with Crippen molar-refractivity contribution >= 4 is 73.9 Å². The first kappa shape index (κ1) is 27.1. The van der Waals surface area contributed by atoms with Crippen molar-refractivity contribution in [2.75, 3.05) is 5.33 Å². The SMILES string of the molecule is Clc1nc[nH]c1Cl.O=C(CBr)c1ccccc1.O=C(Cn1cnc(Cl)c1Cl)c1ccccc1. The van der Waals surface area contributed by atoms with Gasteiger partial charge in [0.1, 0.15) is 10.3 Å². The molecule has 0 aliphatic rings. The van der Waals surface area contributed by atoms with Crippen LogP contribution in [0.15, 0.2) is 73.3 Å². The predicted molar refractivity (Wildman–Crippen MR) is 136 cm³/mol. The summed E-state index contributed by atoms with van der Waals surface area (Å²) < 4.78 is 1.51. The molecule has 2 aromatic carbocycles. The van der Waals surface area contributed by atoms with Crippen molar-refractivity contribution in [1.29, 1.82) is 0 Å². The van der Waals surface area contributed by atoms with Crippen LogP contribution in [-0.2, 0) is 6.54 Å². The lowest BCUT2D eigenvalue weighted by molar-refractivity contribution is 0.0971. The van der Waals surface area contributed by atoms with Gasteiger partial charge < -0.3 is 9.55 Å². The van der Waals surface area contributed by atoms with Gasteiger partial charge in [-0.05, 0) is 0 Å². The van der Waals surface area contributed by atoms with Crippen LogP contribution in [0.3, 0.4) is 0 Å². The number of rotatable bonds is 5. The average molecular weight is 591 g/mol. The number of H-pyrrole nitrogens is 1. The van der Waals surface area contributed by atoms with Crippen molar-refractivity contribution in [2.45, 2.75) is 6.54 Å². The first-order valence-electron chi connectivity index (χ1n) is 9.26. The zero-order valence-electron chi connectivity index (χ0n) is 16.9. The molecular weight excluding hydrogens is 574 g/mol. The van der Waals surface area contributed by atoms with Crippen LogP contribution in [0.1, 0.15) is 20.7 Å². The van der Waals surface area contributed by atoms with Crippen LogP contribution in [0.2, 0.25) is 20.6 Å². The van der Waals surface area contributed by atoms with Gasteiger partial charge in [0.15, 0.2) is 21.9 Å². The van der Waals surface area contributed by atoms with Gasteiger partial charge >= 0.3 is 0 Å². The molecule has 4 aromatic rings. The second-order valence-electron chi connectivity index (χ2n) is 6.17. The molecule has 0 spiro atoms. The second kappa shape index (κ2) is 14.2. The Labute approximate surface area is 219 Å². The number of hydrogen-bond donors (Lipinski definition) is 1. The number of hydrogen-bond acceptors (Lipinski definition) is 4. The summed E-state index contributed by atoms with van der Waals surface area (Å²) in [6.07, 6.45) is 2.89. The molecule has 172 valence electrons. The molecular formula is C22H17BrCl4N4O2. The summed E-state index contributed by atoms with van der Waals surface area (Å²) in [7, 11) is 0. The Bertz CT molecular complexity index is 1150. The van der Waals surface area contributed by atoms with Crippen molar-refractivity contribution in [3.8, 4) is 0 Å². The fraction of sp³-hybridized carbons (Fsp3) is 0.0909. The summed E-state index contributed by atoms with van der Waals surface area (Å²) in [4.78, 5) is 32.8. The van der Waals surface area contributed by atoms with Gasteiger partial charge in [-0.15, -0.1) is 0 Å². The van der Waals surface area contributed by atoms with Gasteiger partial charge in [0.05, 0.1) is 24.5 Å². The van der Waals surface area contributed by atoms with E-state index in [4.69, 9.17) is 46.4 Å². The Balaban J connectivity index is 0.000000193. The molecule has 2 heterocycles. The molecule has 0 bridgehead atoms. The number of benzene rings is 2. The first-order valence-corrected chi connectivity index (χ1v) is 11.9. The number of nitrogens with one attached hydrogen (secondary N) is 1. The maximum absolute atomic E-state index is 11.8. The van der Waals surface area contributed by atoms with Crippen LogP contribution in [0.5, 0.6) is 0 Å². The number of nitrogens with zero attached hydrogens (tertiary/aromatic N) is 3. The van der Waals surface area contributed by atoms with Crippen molar-refractivity contribution in [1.82, 2.24) is 19.5 Å². The standard InChI is InChI=1S/C11H8Cl2N2O.C8H7BrO.C3H2Cl2N2/c12-10-11(13)15(7-14-10)6-9(16)8-4-2-1-3-5-8;9-6-8(10)7-4-2-1-3-5-7;4-2-3(5)7-1-6-2/h1-5,7H,6H2;1-5H,6H2;1H,(H,6,7). The van der Waals surface area contributed by atoms with Crippen molar-refractivity contribution in [2.24, 2.45) is 0 Å². The van der Waals surface area contributed by atoms with Gasteiger partial charge in [-0.1, -0.05) is 123 Å². The number of ketones is 2. The molecule has 4 rings (SSSR count). The molecule has 0 aliphatic heterocycles. The minimum Gasteiger partial charge on any atom is -0.334 e. The third-order valence-electron chi connectivity index (χ3n) is 3.91. The highest BCUT2D eigenvalue weighted by Crippen LogP contribution is 2.19. The minimum absolute atomic E-state index is 0.0310. The lowest BCUT2D eigenvalue weighted by atomic mass is 10.1. The number of carbonyl (C=O) groups excluding carboxylic acids is 2. The van der Waals surface area contributed by atoms with E-state index in [0.717, 1.165) is 5.56 Å². The summed E-state index contributed by atoms with van der Waals surface area (Å²) in [5, 5.41) is 1.61. The predicted octanol–water partition coefficient (Wildman–Crippen LogP) is 7.05. The summed E-state index contributed by atoms with van der Waals surface area (Å²) in [6, 6.07) is 18.2. The molecule has 0 fully saturated rings. The summed E-state index contributed by atoms with van der Waals surface area (Å²) in [5.41, 5.74) is 1.41. The fourth-order valence-electron chi connectivity index (χ4n) is 2.29. The molecule has 0 amide bonds. The Hall–Kier alpha value is -2.16. The molecule has 1 N–H and O–H groups in total. The van der Waals surface area contributed by atoms with Gasteiger partial charge in [-0.25, -0.2) is 9.97 Å². The number of alkyl halides is 1. The molecule has 6 nitrogen and oxygen atoms in total. The molecule has 33 heavy (non-hydrogen) atoms. The van der Waals surface area contributed by atoms with Gasteiger partial charge in [0.2, 0.25) is 0 Å². The van der Waals surface area contributed by atoms with E-state index in [0.29, 0.717) is 21.2 Å². The maximum atomic E-state index is 11.8. The molecule has 0 saturated carbocycles. The van der Waals surface area contributed by atoms with E-state index in [9.17, 15) is 9.59 Å². The van der Waals surface area contributed by atoms with Crippen LogP contribution in [-0.4, -0.2) is 36.4 Å². The molecule has 0 saturated heterocycles. The zero-order chi connectivity index (χ0) is 24.2. The van der Waals surface area contributed by atoms with E-state index in [2.05, 4.69) is 30.9 Å². The molecule has 2 aromatic heterocycles. The van der Waals surface area contributed by atoms with E-state index in [1.54, 1.807) is 12.1 Å². The lowest BCUT2D eigenvalue weighted by Gasteiger charge is -2.02. The third kappa shape index (κ3) is 8.95. The van der Waals surface area contributed by atoms with E-state index in [1.807, 2.05) is 48.5 Å². The summed E-state index contributed by atoms with van der Waals surface area (Å²) >= 11 is 25.4. The van der Waals surface area contributed by atoms with Crippen LogP contribution < -0.4 is 0 Å². The van der Waals surface area contributed by atoms with Crippen LogP contribution >= 0.6 is 62.3 Å². The van der Waals surface area contributed by atoms with Crippen molar-refractivity contribution < 1.29 is 9.59 Å². The summed E-state index contributed by atoms with van der Waals surface area (Å²) in [5.74, 6) is 0.0946. The van der Waals surface area contributed by atoms with E-state index < -0.39 is 0 Å². The first-order chi connectivity index (χ1) is 15.8. The van der Waals surface area contributed by atoms with Crippen LogP contribution in [0, 0.1) is 0 Å². The van der Waals surface area contributed by atoms with Crippen LogP contribution in [0.25, 0.3) is 0 Å². The zero-order valence-corrected chi connectivity index (χ0v) is 21.5. The van der Waals surface area contributed by atoms with Crippen molar-refractivity contribution in [3.63, 3.8) is 0 Å². The Kier molecular flexibility index (Phi) is 11.6. The van der Waals surface area contributed by atoms with Gasteiger partial charge in [0.25, 0.3) is 0 Å². The number of aromatic amines is 1. The molecule has 0 radical (unpaired) electrons. The number of Topliss-reactive ketones (excluding diaryl/α,β-unsaturated/α-hetero) is 2. The minimum atomic E-state index is -0.0310. The lowest BCUT2D eigenvalue weighted by Crippen LogP contribution is -2.09. The highest BCUT2D eigenvalue weighted by Gasteiger charge is 2.11. The number of carbonyl (C=O) groups is 2.